The molecule has 7 heteroatoms. The van der Waals surface area contributed by atoms with Crippen LogP contribution in [0.3, 0.4) is 0 Å². The molecule has 126 valence electrons. The van der Waals surface area contributed by atoms with Crippen molar-refractivity contribution in [2.75, 3.05) is 26.4 Å². The van der Waals surface area contributed by atoms with Crippen LogP contribution >= 0.6 is 11.3 Å². The first-order valence-electron chi connectivity index (χ1n) is 7.96. The van der Waals surface area contributed by atoms with Crippen LogP contribution in [-0.2, 0) is 11.2 Å². The number of ether oxygens (including phenoxy) is 3. The number of carbonyl (C=O) groups excluding carboxylic acids is 1. The minimum atomic E-state index is -0.123. The predicted molar refractivity (Wildman–Crippen MR) is 88.8 cm³/mol. The van der Waals surface area contributed by atoms with Gasteiger partial charge in [0, 0.05) is 23.7 Å². The summed E-state index contributed by atoms with van der Waals surface area (Å²) in [4.78, 5) is 17.2. The second-order valence-electron chi connectivity index (χ2n) is 5.89. The number of pyridine rings is 1. The number of nitrogens with zero attached hydrogens (tertiary/aromatic N) is 1. The molecule has 4 heterocycles. The average Bonchev–Trinajstić information content (AvgIpc) is 3.23. The first-order valence-corrected chi connectivity index (χ1v) is 8.84. The van der Waals surface area contributed by atoms with Gasteiger partial charge in [0.25, 0.3) is 5.91 Å². The normalized spacial score (nSPS) is 22.3. The molecule has 24 heavy (non-hydrogen) atoms. The molecule has 4 rings (SSSR count). The molecule has 0 spiro atoms. The number of nitrogens with one attached hydrogen (secondary N) is 1. The van der Waals surface area contributed by atoms with Crippen LogP contribution in [0.2, 0.25) is 0 Å². The second-order valence-corrected chi connectivity index (χ2v) is 6.77. The summed E-state index contributed by atoms with van der Waals surface area (Å²) in [5.74, 6) is 1.35. The smallest absolute Gasteiger partial charge is 0.265 e. The molecule has 0 radical (unpaired) electrons. The fourth-order valence-corrected chi connectivity index (χ4v) is 3.87. The lowest BCUT2D eigenvalue weighted by Gasteiger charge is -2.20. The van der Waals surface area contributed by atoms with E-state index in [2.05, 4.69) is 10.3 Å². The Morgan fingerprint density at radius 3 is 2.96 bits per heavy atom. The quantitative estimate of drug-likeness (QED) is 0.916. The summed E-state index contributed by atoms with van der Waals surface area (Å²) in [5, 5.41) is 4.92. The van der Waals surface area contributed by atoms with Crippen LogP contribution in [0.1, 0.15) is 15.2 Å². The number of hydrogen-bond donors (Lipinski definition) is 1. The molecule has 2 aliphatic rings. The summed E-state index contributed by atoms with van der Waals surface area (Å²) in [7, 11) is 0. The molecular weight excluding hydrogens is 328 g/mol. The Balaban J connectivity index is 1.44. The average molecular weight is 346 g/mol. The van der Waals surface area contributed by atoms with E-state index in [-0.39, 0.29) is 17.9 Å². The van der Waals surface area contributed by atoms with Crippen LogP contribution < -0.4 is 14.8 Å². The summed E-state index contributed by atoms with van der Waals surface area (Å²) in [6, 6.07) is 3.99. The Hall–Kier alpha value is -2.12. The molecular formula is C17H18N2O4S. The molecule has 0 aromatic carbocycles. The molecule has 0 saturated carbocycles. The molecule has 1 fully saturated rings. The maximum Gasteiger partial charge on any atom is 0.265 e. The topological polar surface area (TPSA) is 69.7 Å². The van der Waals surface area contributed by atoms with Crippen molar-refractivity contribution in [3.63, 3.8) is 0 Å². The van der Waals surface area contributed by atoms with Crippen LogP contribution in [0.4, 0.5) is 0 Å². The van der Waals surface area contributed by atoms with Gasteiger partial charge in [0.05, 0.1) is 19.3 Å². The summed E-state index contributed by atoms with van der Waals surface area (Å²) < 4.78 is 16.7. The lowest BCUT2D eigenvalue weighted by molar-refractivity contribution is 0.0920. The Bertz CT molecular complexity index is 719. The predicted octanol–water partition coefficient (Wildman–Crippen LogP) is 1.90. The zero-order valence-corrected chi connectivity index (χ0v) is 13.9. The second kappa shape index (κ2) is 6.78. The third kappa shape index (κ3) is 3.09. The van der Waals surface area contributed by atoms with Crippen LogP contribution in [0.5, 0.6) is 11.5 Å². The monoisotopic (exact) mass is 346 g/mol. The van der Waals surface area contributed by atoms with Crippen LogP contribution in [0.25, 0.3) is 0 Å². The highest BCUT2D eigenvalue weighted by molar-refractivity contribution is 7.12. The van der Waals surface area contributed by atoms with Gasteiger partial charge in [-0.3, -0.25) is 9.78 Å². The molecule has 2 aliphatic heterocycles. The number of hydrogen-bond acceptors (Lipinski definition) is 6. The number of aromatic nitrogens is 1. The van der Waals surface area contributed by atoms with Gasteiger partial charge in [-0.05, 0) is 24.1 Å². The highest BCUT2D eigenvalue weighted by Gasteiger charge is 2.32. The van der Waals surface area contributed by atoms with E-state index in [1.54, 1.807) is 12.4 Å². The fraction of sp³-hybridized carbons (Fsp3) is 0.412. The third-order valence-corrected chi connectivity index (χ3v) is 5.21. The molecule has 2 aromatic heterocycles. The molecule has 0 bridgehead atoms. The maximum absolute atomic E-state index is 12.6. The Kier molecular flexibility index (Phi) is 4.36. The van der Waals surface area contributed by atoms with Crippen LogP contribution in [-0.4, -0.2) is 43.4 Å². The van der Waals surface area contributed by atoms with Crippen molar-refractivity contribution in [2.24, 2.45) is 5.92 Å². The van der Waals surface area contributed by atoms with Gasteiger partial charge in [-0.2, -0.15) is 0 Å². The zero-order valence-electron chi connectivity index (χ0n) is 13.1. The van der Waals surface area contributed by atoms with E-state index in [9.17, 15) is 4.79 Å². The third-order valence-electron chi connectivity index (χ3n) is 4.27. The van der Waals surface area contributed by atoms with Gasteiger partial charge in [-0.1, -0.05) is 0 Å². The molecule has 1 N–H and O–H groups in total. The molecule has 0 unspecified atom stereocenters. The van der Waals surface area contributed by atoms with Gasteiger partial charge >= 0.3 is 0 Å². The maximum atomic E-state index is 12.6. The van der Waals surface area contributed by atoms with Gasteiger partial charge < -0.3 is 19.5 Å². The summed E-state index contributed by atoms with van der Waals surface area (Å²) in [5.41, 5.74) is 1.20. The zero-order chi connectivity index (χ0) is 16.4. The number of fused-ring (bicyclic) bond motifs is 1. The Labute approximate surface area is 143 Å². The van der Waals surface area contributed by atoms with E-state index in [1.165, 1.54) is 16.9 Å². The van der Waals surface area contributed by atoms with E-state index in [1.807, 2.05) is 17.5 Å². The number of amides is 1. The summed E-state index contributed by atoms with van der Waals surface area (Å²) in [6.07, 6.45) is 4.43. The van der Waals surface area contributed by atoms with Crippen molar-refractivity contribution >= 4 is 17.2 Å². The van der Waals surface area contributed by atoms with E-state index >= 15 is 0 Å². The fourth-order valence-electron chi connectivity index (χ4n) is 3.03. The molecule has 2 aromatic rings. The van der Waals surface area contributed by atoms with E-state index in [4.69, 9.17) is 14.2 Å². The van der Waals surface area contributed by atoms with Crippen molar-refractivity contribution in [2.45, 2.75) is 12.5 Å². The largest absolute Gasteiger partial charge is 0.485 e. The molecule has 1 saturated heterocycles. The van der Waals surface area contributed by atoms with Gasteiger partial charge in [0.2, 0.25) is 0 Å². The highest BCUT2D eigenvalue weighted by Crippen LogP contribution is 2.39. The molecule has 1 amide bonds. The Morgan fingerprint density at radius 2 is 2.08 bits per heavy atom. The van der Waals surface area contributed by atoms with Crippen molar-refractivity contribution in [1.82, 2.24) is 10.3 Å². The minimum Gasteiger partial charge on any atom is -0.485 e. The van der Waals surface area contributed by atoms with E-state index in [0.29, 0.717) is 42.8 Å². The molecule has 6 nitrogen and oxygen atoms in total. The van der Waals surface area contributed by atoms with Crippen molar-refractivity contribution in [1.29, 1.82) is 0 Å². The van der Waals surface area contributed by atoms with Crippen molar-refractivity contribution in [3.05, 3.63) is 40.3 Å². The van der Waals surface area contributed by atoms with Gasteiger partial charge in [0.15, 0.2) is 11.5 Å². The van der Waals surface area contributed by atoms with E-state index < -0.39 is 0 Å². The van der Waals surface area contributed by atoms with Gasteiger partial charge in [-0.25, -0.2) is 0 Å². The Morgan fingerprint density at radius 1 is 1.25 bits per heavy atom. The number of thiophene rings is 1. The standard InChI is InChI=1S/C17H18N2O4S/c20-17(16-15-14(10-24-16)22-5-6-23-15)19-13-9-21-8-12(13)7-11-1-3-18-4-2-11/h1-4,10,12-13H,5-9H2,(H,19,20)/t12-,13+/m1/s1. The minimum absolute atomic E-state index is 0.00655. The first kappa shape index (κ1) is 15.4. The van der Waals surface area contributed by atoms with E-state index in [0.717, 1.165) is 6.42 Å². The van der Waals surface area contributed by atoms with Crippen LogP contribution in [0, 0.1) is 5.92 Å². The lowest BCUT2D eigenvalue weighted by Crippen LogP contribution is -2.40. The first-order chi connectivity index (χ1) is 11.8. The highest BCUT2D eigenvalue weighted by atomic mass is 32.1. The van der Waals surface area contributed by atoms with Gasteiger partial charge in [0.1, 0.15) is 18.1 Å². The van der Waals surface area contributed by atoms with Gasteiger partial charge in [-0.15, -0.1) is 11.3 Å². The summed E-state index contributed by atoms with van der Waals surface area (Å²) >= 11 is 1.35. The number of carbonyl (C=O) groups is 1. The van der Waals surface area contributed by atoms with Crippen molar-refractivity contribution in [3.8, 4) is 11.5 Å². The van der Waals surface area contributed by atoms with Crippen LogP contribution in [0.15, 0.2) is 29.9 Å². The van der Waals surface area contributed by atoms with Crippen molar-refractivity contribution < 1.29 is 19.0 Å². The number of rotatable bonds is 4. The molecule has 0 aliphatic carbocycles. The summed E-state index contributed by atoms with van der Waals surface area (Å²) in [6.45, 7) is 2.18. The SMILES string of the molecule is O=C(N[C@H]1COC[C@H]1Cc1ccncc1)c1scc2c1OCCO2. The molecule has 2 atom stereocenters. The lowest BCUT2D eigenvalue weighted by atomic mass is 9.95.